The summed E-state index contributed by atoms with van der Waals surface area (Å²) in [6.45, 7) is 0. The fourth-order valence-electron chi connectivity index (χ4n) is 4.80. The molecule has 6 aromatic carbocycles. The van der Waals surface area contributed by atoms with E-state index in [4.69, 9.17) is 0 Å². The Morgan fingerprint density at radius 3 is 0.974 bits per heavy atom. The number of hydrogen-bond donors (Lipinski definition) is 0. The van der Waals surface area contributed by atoms with Crippen molar-refractivity contribution in [1.29, 1.82) is 0 Å². The molecule has 0 aliphatic carbocycles. The molecule has 6 rings (SSSR count). The second-order valence-electron chi connectivity index (χ2n) is 9.01. The van der Waals surface area contributed by atoms with Gasteiger partial charge in [0.05, 0.1) is 0 Å². The SMILES string of the molecule is C(#Cc1c(-c2ccccc2)c(-c2ccccc2)c(C#Cc2ccccc2)c2ccccc12)c1ccccc1. The van der Waals surface area contributed by atoms with Gasteiger partial charge in [-0.1, -0.05) is 145 Å². The van der Waals surface area contributed by atoms with Crippen LogP contribution < -0.4 is 0 Å². The molecular formula is C38H24. The van der Waals surface area contributed by atoms with Crippen LogP contribution in [0.4, 0.5) is 0 Å². The molecule has 0 heteroatoms. The van der Waals surface area contributed by atoms with Gasteiger partial charge in [-0.15, -0.1) is 0 Å². The third kappa shape index (κ3) is 4.73. The van der Waals surface area contributed by atoms with Gasteiger partial charge in [-0.2, -0.15) is 0 Å². The summed E-state index contributed by atoms with van der Waals surface area (Å²) in [4.78, 5) is 0. The fourth-order valence-corrected chi connectivity index (χ4v) is 4.80. The normalized spacial score (nSPS) is 10.2. The van der Waals surface area contributed by atoms with Crippen LogP contribution in [0.3, 0.4) is 0 Å². The second-order valence-corrected chi connectivity index (χ2v) is 9.01. The van der Waals surface area contributed by atoms with Gasteiger partial charge in [0.2, 0.25) is 0 Å². The van der Waals surface area contributed by atoms with Crippen molar-refractivity contribution < 1.29 is 0 Å². The molecule has 0 spiro atoms. The highest BCUT2D eigenvalue weighted by Crippen LogP contribution is 2.42. The van der Waals surface area contributed by atoms with E-state index in [1.165, 1.54) is 0 Å². The Hall–Kier alpha value is -5.30. The van der Waals surface area contributed by atoms with Crippen molar-refractivity contribution in [3.63, 3.8) is 0 Å². The molecule has 0 atom stereocenters. The van der Waals surface area contributed by atoms with Gasteiger partial charge in [0.15, 0.2) is 0 Å². The summed E-state index contributed by atoms with van der Waals surface area (Å²) < 4.78 is 0. The summed E-state index contributed by atoms with van der Waals surface area (Å²) >= 11 is 0. The fraction of sp³-hybridized carbons (Fsp3) is 0. The van der Waals surface area contributed by atoms with Crippen molar-refractivity contribution in [3.8, 4) is 45.9 Å². The Morgan fingerprint density at radius 1 is 0.289 bits per heavy atom. The third-order valence-corrected chi connectivity index (χ3v) is 6.55. The molecule has 0 N–H and O–H groups in total. The van der Waals surface area contributed by atoms with E-state index in [-0.39, 0.29) is 0 Å². The molecule has 0 radical (unpaired) electrons. The van der Waals surface area contributed by atoms with Gasteiger partial charge in [0.25, 0.3) is 0 Å². The Kier molecular flexibility index (Phi) is 6.55. The summed E-state index contributed by atoms with van der Waals surface area (Å²) in [5, 5.41) is 2.21. The monoisotopic (exact) mass is 480 g/mol. The molecule has 0 amide bonds. The second kappa shape index (κ2) is 10.8. The predicted molar refractivity (Wildman–Crippen MR) is 160 cm³/mol. The lowest BCUT2D eigenvalue weighted by atomic mass is 9.83. The van der Waals surface area contributed by atoms with Crippen LogP contribution >= 0.6 is 0 Å². The predicted octanol–water partition coefficient (Wildman–Crippen LogP) is 8.97. The summed E-state index contributed by atoms with van der Waals surface area (Å²) in [6.07, 6.45) is 0. The van der Waals surface area contributed by atoms with Crippen molar-refractivity contribution in [2.75, 3.05) is 0 Å². The minimum absolute atomic E-state index is 0.991. The van der Waals surface area contributed by atoms with E-state index in [0.717, 1.165) is 55.3 Å². The molecule has 0 bridgehead atoms. The molecule has 0 fully saturated rings. The number of benzene rings is 6. The van der Waals surface area contributed by atoms with Crippen molar-refractivity contribution in [2.45, 2.75) is 0 Å². The zero-order valence-corrected chi connectivity index (χ0v) is 20.9. The van der Waals surface area contributed by atoms with E-state index in [1.54, 1.807) is 0 Å². The molecule has 6 aromatic rings. The maximum Gasteiger partial charge on any atom is 0.0413 e. The van der Waals surface area contributed by atoms with Crippen LogP contribution in [-0.2, 0) is 0 Å². The molecule has 0 aliphatic rings. The lowest BCUT2D eigenvalue weighted by Crippen LogP contribution is -1.98. The maximum atomic E-state index is 3.58. The van der Waals surface area contributed by atoms with Gasteiger partial charge < -0.3 is 0 Å². The van der Waals surface area contributed by atoms with Crippen LogP contribution in [0.1, 0.15) is 22.3 Å². The largest absolute Gasteiger partial charge is 0.0622 e. The lowest BCUT2D eigenvalue weighted by Gasteiger charge is -2.19. The molecular weight excluding hydrogens is 456 g/mol. The first-order chi connectivity index (χ1) is 18.9. The molecule has 0 nitrogen and oxygen atoms in total. The molecule has 0 aliphatic heterocycles. The standard InChI is InChI=1S/C38H24/c1-5-15-29(16-6-1)25-27-35-33-23-13-14-24-34(33)36(28-26-30-17-7-2-8-18-30)38(32-21-11-4-12-22-32)37(35)31-19-9-3-10-20-31/h1-24H. The summed E-state index contributed by atoms with van der Waals surface area (Å²) in [7, 11) is 0. The van der Waals surface area contributed by atoms with Crippen LogP contribution in [0, 0.1) is 23.7 Å². The van der Waals surface area contributed by atoms with E-state index in [0.29, 0.717) is 0 Å². The summed E-state index contributed by atoms with van der Waals surface area (Å²) in [5.41, 5.74) is 8.47. The number of rotatable bonds is 2. The zero-order valence-electron chi connectivity index (χ0n) is 20.9. The number of fused-ring (bicyclic) bond motifs is 1. The molecule has 38 heavy (non-hydrogen) atoms. The first kappa shape index (κ1) is 23.1. The smallest absolute Gasteiger partial charge is 0.0413 e. The molecule has 0 heterocycles. The molecule has 0 aromatic heterocycles. The Balaban J connectivity index is 1.76. The van der Waals surface area contributed by atoms with E-state index >= 15 is 0 Å². The first-order valence-electron chi connectivity index (χ1n) is 12.7. The van der Waals surface area contributed by atoms with Gasteiger partial charge in [0, 0.05) is 33.4 Å². The van der Waals surface area contributed by atoms with Gasteiger partial charge in [0.1, 0.15) is 0 Å². The van der Waals surface area contributed by atoms with E-state index in [9.17, 15) is 0 Å². The highest BCUT2D eigenvalue weighted by molar-refractivity contribution is 6.07. The Labute approximate surface area is 224 Å². The summed E-state index contributed by atoms with van der Waals surface area (Å²) in [6, 6.07) is 50.0. The van der Waals surface area contributed by atoms with E-state index in [2.05, 4.69) is 133 Å². The molecule has 0 unspecified atom stereocenters. The van der Waals surface area contributed by atoms with E-state index < -0.39 is 0 Å². The number of hydrogen-bond acceptors (Lipinski definition) is 0. The van der Waals surface area contributed by atoms with Crippen molar-refractivity contribution >= 4 is 10.8 Å². The van der Waals surface area contributed by atoms with Gasteiger partial charge in [-0.3, -0.25) is 0 Å². The highest BCUT2D eigenvalue weighted by atomic mass is 14.2. The van der Waals surface area contributed by atoms with Crippen LogP contribution in [0.5, 0.6) is 0 Å². The molecule has 0 saturated heterocycles. The average molecular weight is 481 g/mol. The van der Waals surface area contributed by atoms with Crippen molar-refractivity contribution in [3.05, 3.63) is 168 Å². The third-order valence-electron chi connectivity index (χ3n) is 6.55. The van der Waals surface area contributed by atoms with Crippen LogP contribution in [0.15, 0.2) is 146 Å². The Morgan fingerprint density at radius 2 is 0.605 bits per heavy atom. The van der Waals surface area contributed by atoms with Crippen LogP contribution in [-0.4, -0.2) is 0 Å². The molecule has 176 valence electrons. The highest BCUT2D eigenvalue weighted by Gasteiger charge is 2.20. The average Bonchev–Trinajstić information content (AvgIpc) is 3.00. The zero-order chi connectivity index (χ0) is 25.6. The first-order valence-corrected chi connectivity index (χ1v) is 12.7. The van der Waals surface area contributed by atoms with Gasteiger partial charge in [-0.25, -0.2) is 0 Å². The molecule has 0 saturated carbocycles. The van der Waals surface area contributed by atoms with E-state index in [1.807, 2.05) is 36.4 Å². The quantitative estimate of drug-likeness (QED) is 0.217. The van der Waals surface area contributed by atoms with Crippen LogP contribution in [0.2, 0.25) is 0 Å². The topological polar surface area (TPSA) is 0 Å². The minimum atomic E-state index is 0.991. The summed E-state index contributed by atoms with van der Waals surface area (Å²) in [5.74, 6) is 14.0. The minimum Gasteiger partial charge on any atom is -0.0622 e. The maximum absolute atomic E-state index is 3.58. The van der Waals surface area contributed by atoms with Crippen molar-refractivity contribution in [2.24, 2.45) is 0 Å². The van der Waals surface area contributed by atoms with Gasteiger partial charge >= 0.3 is 0 Å². The van der Waals surface area contributed by atoms with Crippen molar-refractivity contribution in [1.82, 2.24) is 0 Å². The van der Waals surface area contributed by atoms with Gasteiger partial charge in [-0.05, 0) is 46.2 Å². The Bertz CT molecular complexity index is 1690. The lowest BCUT2D eigenvalue weighted by molar-refractivity contribution is 1.56. The van der Waals surface area contributed by atoms with Crippen LogP contribution in [0.25, 0.3) is 33.0 Å².